The average molecular weight is 409 g/mol. The molecule has 5 rings (SSSR count). The monoisotopic (exact) mass is 409 g/mol. The quantitative estimate of drug-likeness (QED) is 0.643. The largest absolute Gasteiger partial charge is 0.364 e. The summed E-state index contributed by atoms with van der Waals surface area (Å²) in [6.07, 6.45) is 6.89. The van der Waals surface area contributed by atoms with Crippen LogP contribution in [0, 0.1) is 17.6 Å². The molecule has 0 bridgehead atoms. The minimum atomic E-state index is -0.992. The smallest absolute Gasteiger partial charge is 0.172 e. The predicted octanol–water partition coefficient (Wildman–Crippen LogP) is 3.98. The summed E-state index contributed by atoms with van der Waals surface area (Å²) in [4.78, 5) is 28.6. The average Bonchev–Trinajstić information content (AvgIpc) is 3.59. The molecule has 6 nitrogen and oxygen atoms in total. The van der Waals surface area contributed by atoms with Crippen molar-refractivity contribution in [3.8, 4) is 0 Å². The second-order valence-corrected chi connectivity index (χ2v) is 7.93. The van der Waals surface area contributed by atoms with Gasteiger partial charge in [-0.25, -0.2) is 18.7 Å². The number of carbonyl (C=O) groups excluding carboxylic acids is 1. The number of fused-ring (bicyclic) bond motifs is 1. The van der Waals surface area contributed by atoms with E-state index >= 15 is 0 Å². The zero-order valence-corrected chi connectivity index (χ0v) is 16.3. The molecule has 30 heavy (non-hydrogen) atoms. The third kappa shape index (κ3) is 3.69. The molecule has 3 heterocycles. The van der Waals surface area contributed by atoms with Crippen molar-refractivity contribution in [2.45, 2.75) is 31.7 Å². The van der Waals surface area contributed by atoms with Crippen LogP contribution in [0.4, 0.5) is 20.4 Å². The van der Waals surface area contributed by atoms with Crippen LogP contribution in [0.2, 0.25) is 0 Å². The fourth-order valence-electron chi connectivity index (χ4n) is 3.87. The van der Waals surface area contributed by atoms with Gasteiger partial charge in [-0.05, 0) is 49.9 Å². The lowest BCUT2D eigenvalue weighted by atomic mass is 9.89. The first-order valence-corrected chi connectivity index (χ1v) is 10.2. The van der Waals surface area contributed by atoms with E-state index in [1.54, 1.807) is 12.4 Å². The standard InChI is InChI=1S/C22H21F2N5O/c23-16-4-1-14(11-17(16)24)20(30)13-6-9-29(10-7-13)22-21(26-15-2-3-15)27-18-5-8-25-12-19(18)28-22/h1,4-5,8,11-13,15H,2-3,6-7,9-10H2,(H,26,27). The maximum Gasteiger partial charge on any atom is 0.172 e. The van der Waals surface area contributed by atoms with Gasteiger partial charge in [0.05, 0.1) is 11.7 Å². The molecular formula is C22H21F2N5O. The predicted molar refractivity (Wildman–Crippen MR) is 110 cm³/mol. The van der Waals surface area contributed by atoms with Gasteiger partial charge < -0.3 is 10.2 Å². The lowest BCUT2D eigenvalue weighted by Crippen LogP contribution is -2.37. The zero-order valence-electron chi connectivity index (χ0n) is 16.3. The number of piperidine rings is 1. The molecule has 3 aromatic rings. The van der Waals surface area contributed by atoms with E-state index in [0.29, 0.717) is 32.0 Å². The molecule has 2 aromatic heterocycles. The topological polar surface area (TPSA) is 71.0 Å². The number of halogens is 2. The lowest BCUT2D eigenvalue weighted by Gasteiger charge is -2.33. The fourth-order valence-corrected chi connectivity index (χ4v) is 3.87. The first-order valence-electron chi connectivity index (χ1n) is 10.2. The molecule has 2 fully saturated rings. The van der Waals surface area contributed by atoms with E-state index in [2.05, 4.69) is 15.2 Å². The lowest BCUT2D eigenvalue weighted by molar-refractivity contribution is 0.0900. The summed E-state index contributed by atoms with van der Waals surface area (Å²) < 4.78 is 26.7. The summed E-state index contributed by atoms with van der Waals surface area (Å²) in [5.41, 5.74) is 1.74. The summed E-state index contributed by atoms with van der Waals surface area (Å²) in [5.74, 6) is -0.752. The highest BCUT2D eigenvalue weighted by Gasteiger charge is 2.30. The molecule has 1 N–H and O–H groups in total. The van der Waals surface area contributed by atoms with Gasteiger partial charge in [0, 0.05) is 36.8 Å². The Morgan fingerprint density at radius 2 is 1.80 bits per heavy atom. The molecule has 154 valence electrons. The van der Waals surface area contributed by atoms with Crippen molar-refractivity contribution in [2.75, 3.05) is 23.3 Å². The van der Waals surface area contributed by atoms with Crippen molar-refractivity contribution in [2.24, 2.45) is 5.92 Å². The molecule has 1 aromatic carbocycles. The van der Waals surface area contributed by atoms with E-state index in [-0.39, 0.29) is 17.3 Å². The minimum Gasteiger partial charge on any atom is -0.364 e. The van der Waals surface area contributed by atoms with Crippen LogP contribution in [-0.4, -0.2) is 39.9 Å². The molecule has 0 amide bonds. The van der Waals surface area contributed by atoms with Crippen LogP contribution in [0.1, 0.15) is 36.0 Å². The summed E-state index contributed by atoms with van der Waals surface area (Å²) in [6, 6.07) is 5.63. The second kappa shape index (κ2) is 7.59. The number of nitrogens with one attached hydrogen (secondary N) is 1. The van der Waals surface area contributed by atoms with Crippen LogP contribution >= 0.6 is 0 Å². The second-order valence-electron chi connectivity index (χ2n) is 7.93. The van der Waals surface area contributed by atoms with Gasteiger partial charge in [-0.3, -0.25) is 9.78 Å². The molecule has 1 saturated carbocycles. The van der Waals surface area contributed by atoms with E-state index in [1.807, 2.05) is 6.07 Å². The number of ketones is 1. The van der Waals surface area contributed by atoms with Gasteiger partial charge in [0.25, 0.3) is 0 Å². The third-order valence-corrected chi connectivity index (χ3v) is 5.74. The fraction of sp³-hybridized carbons (Fsp3) is 0.364. The van der Waals surface area contributed by atoms with Gasteiger partial charge in [0.2, 0.25) is 0 Å². The van der Waals surface area contributed by atoms with Crippen LogP contribution < -0.4 is 10.2 Å². The van der Waals surface area contributed by atoms with E-state index in [0.717, 1.165) is 47.6 Å². The van der Waals surface area contributed by atoms with Crippen molar-refractivity contribution in [1.29, 1.82) is 0 Å². The van der Waals surface area contributed by atoms with Crippen molar-refractivity contribution < 1.29 is 13.6 Å². The summed E-state index contributed by atoms with van der Waals surface area (Å²) >= 11 is 0. The summed E-state index contributed by atoms with van der Waals surface area (Å²) in [5, 5.41) is 3.47. The Labute approximate surface area is 172 Å². The summed E-state index contributed by atoms with van der Waals surface area (Å²) in [7, 11) is 0. The molecule has 0 atom stereocenters. The first kappa shape index (κ1) is 18.8. The van der Waals surface area contributed by atoms with E-state index < -0.39 is 11.6 Å². The molecule has 0 radical (unpaired) electrons. The molecule has 1 aliphatic heterocycles. The van der Waals surface area contributed by atoms with Crippen LogP contribution in [-0.2, 0) is 0 Å². The zero-order chi connectivity index (χ0) is 20.7. The molecule has 0 unspecified atom stereocenters. The van der Waals surface area contributed by atoms with Gasteiger partial charge in [0.15, 0.2) is 29.1 Å². The Kier molecular flexibility index (Phi) is 4.77. The third-order valence-electron chi connectivity index (χ3n) is 5.74. The van der Waals surface area contributed by atoms with E-state index in [1.165, 1.54) is 6.07 Å². The molecule has 1 saturated heterocycles. The number of hydrogen-bond donors (Lipinski definition) is 1. The first-order chi connectivity index (χ1) is 14.6. The number of hydrogen-bond acceptors (Lipinski definition) is 6. The number of anilines is 2. The maximum atomic E-state index is 13.5. The van der Waals surface area contributed by atoms with Gasteiger partial charge in [-0.2, -0.15) is 0 Å². The van der Waals surface area contributed by atoms with Crippen molar-refractivity contribution in [3.05, 3.63) is 53.9 Å². The van der Waals surface area contributed by atoms with Crippen molar-refractivity contribution in [1.82, 2.24) is 15.0 Å². The number of benzene rings is 1. The number of pyridine rings is 1. The van der Waals surface area contributed by atoms with E-state index in [4.69, 9.17) is 9.97 Å². The van der Waals surface area contributed by atoms with Gasteiger partial charge >= 0.3 is 0 Å². The van der Waals surface area contributed by atoms with Crippen LogP contribution in [0.3, 0.4) is 0 Å². The highest BCUT2D eigenvalue weighted by Crippen LogP contribution is 2.33. The maximum absolute atomic E-state index is 13.5. The number of carbonyl (C=O) groups is 1. The van der Waals surface area contributed by atoms with Crippen molar-refractivity contribution >= 4 is 28.5 Å². The number of Topliss-reactive ketones (excluding diaryl/α,β-unsaturated/α-hetero) is 1. The van der Waals surface area contributed by atoms with Gasteiger partial charge in [-0.15, -0.1) is 0 Å². The van der Waals surface area contributed by atoms with Crippen LogP contribution in [0.25, 0.3) is 11.0 Å². The normalized spacial score (nSPS) is 17.3. The Balaban J connectivity index is 1.35. The Morgan fingerprint density at radius 1 is 1.00 bits per heavy atom. The molecule has 0 spiro atoms. The Hall–Kier alpha value is -3.16. The molecule has 2 aliphatic rings. The minimum absolute atomic E-state index is 0.140. The van der Waals surface area contributed by atoms with E-state index in [9.17, 15) is 13.6 Å². The number of aromatic nitrogens is 3. The number of nitrogens with zero attached hydrogens (tertiary/aromatic N) is 4. The van der Waals surface area contributed by atoms with Crippen LogP contribution in [0.5, 0.6) is 0 Å². The van der Waals surface area contributed by atoms with Crippen molar-refractivity contribution in [3.63, 3.8) is 0 Å². The Bertz CT molecular complexity index is 1110. The number of rotatable bonds is 5. The van der Waals surface area contributed by atoms with Crippen LogP contribution in [0.15, 0.2) is 36.7 Å². The highest BCUT2D eigenvalue weighted by atomic mass is 19.2. The van der Waals surface area contributed by atoms with Gasteiger partial charge in [0.1, 0.15) is 5.52 Å². The van der Waals surface area contributed by atoms with Gasteiger partial charge in [-0.1, -0.05) is 0 Å². The molecule has 1 aliphatic carbocycles. The summed E-state index contributed by atoms with van der Waals surface area (Å²) in [6.45, 7) is 1.28. The Morgan fingerprint density at radius 3 is 2.53 bits per heavy atom. The highest BCUT2D eigenvalue weighted by molar-refractivity contribution is 5.98. The molecular weight excluding hydrogens is 388 g/mol. The SMILES string of the molecule is O=C(c1ccc(F)c(F)c1)C1CCN(c2nc3cnccc3nc2NC2CC2)CC1. The molecule has 8 heteroatoms.